The van der Waals surface area contributed by atoms with Gasteiger partial charge in [0.2, 0.25) is 5.91 Å². The molecule has 4 rings (SSSR count). The Bertz CT molecular complexity index is 912. The van der Waals surface area contributed by atoms with Gasteiger partial charge in [-0.25, -0.2) is 4.98 Å². The largest absolute Gasteiger partial charge is 0.353 e. The van der Waals surface area contributed by atoms with E-state index in [0.29, 0.717) is 29.4 Å². The molecule has 1 amide bonds. The van der Waals surface area contributed by atoms with Crippen LogP contribution in [-0.4, -0.2) is 27.3 Å². The lowest BCUT2D eigenvalue weighted by Crippen LogP contribution is -2.28. The first-order chi connectivity index (χ1) is 13.0. The minimum absolute atomic E-state index is 0.0396. The van der Waals surface area contributed by atoms with Crippen molar-refractivity contribution in [2.24, 2.45) is 5.92 Å². The molecule has 1 N–H and O–H groups in total. The summed E-state index contributed by atoms with van der Waals surface area (Å²) in [6, 6.07) is 0.362. The van der Waals surface area contributed by atoms with Gasteiger partial charge in [-0.15, -0.1) is 11.3 Å². The maximum atomic E-state index is 13.3. The zero-order chi connectivity index (χ0) is 19.0. The van der Waals surface area contributed by atoms with Gasteiger partial charge in [-0.1, -0.05) is 25.6 Å². The van der Waals surface area contributed by atoms with Crippen molar-refractivity contribution in [1.29, 1.82) is 0 Å². The summed E-state index contributed by atoms with van der Waals surface area (Å²) in [7, 11) is 0. The van der Waals surface area contributed by atoms with Crippen molar-refractivity contribution in [1.82, 2.24) is 14.9 Å². The molecule has 2 heterocycles. The summed E-state index contributed by atoms with van der Waals surface area (Å²) >= 11 is 3.08. The zero-order valence-electron chi connectivity index (χ0n) is 16.0. The number of fused-ring (bicyclic) bond motifs is 3. The summed E-state index contributed by atoms with van der Waals surface area (Å²) in [5.41, 5.74) is 1.32. The summed E-state index contributed by atoms with van der Waals surface area (Å²) in [5.74, 6) is 0.874. The van der Waals surface area contributed by atoms with Crippen LogP contribution >= 0.6 is 23.1 Å². The van der Waals surface area contributed by atoms with Crippen LogP contribution in [0.3, 0.4) is 0 Å². The van der Waals surface area contributed by atoms with Crippen molar-refractivity contribution >= 4 is 39.2 Å². The quantitative estimate of drug-likeness (QED) is 0.563. The molecule has 5 nitrogen and oxygen atoms in total. The van der Waals surface area contributed by atoms with Crippen molar-refractivity contribution in [3.8, 4) is 0 Å². The van der Waals surface area contributed by atoms with Gasteiger partial charge in [0.05, 0.1) is 11.1 Å². The van der Waals surface area contributed by atoms with Crippen LogP contribution < -0.4 is 10.9 Å². The van der Waals surface area contributed by atoms with Gasteiger partial charge >= 0.3 is 0 Å². The molecular weight excluding hydrogens is 378 g/mol. The van der Waals surface area contributed by atoms with E-state index in [1.165, 1.54) is 28.6 Å². The minimum Gasteiger partial charge on any atom is -0.353 e. The number of rotatable bonds is 7. The van der Waals surface area contributed by atoms with Gasteiger partial charge in [0, 0.05) is 17.5 Å². The van der Waals surface area contributed by atoms with Gasteiger partial charge in [0.1, 0.15) is 4.83 Å². The predicted molar refractivity (Wildman–Crippen MR) is 112 cm³/mol. The number of carbonyl (C=O) groups excluding carboxylic acids is 1. The molecule has 0 aromatic carbocycles. The van der Waals surface area contributed by atoms with Gasteiger partial charge in [-0.05, 0) is 56.4 Å². The van der Waals surface area contributed by atoms with Crippen LogP contribution in [0.1, 0.15) is 56.4 Å². The summed E-state index contributed by atoms with van der Waals surface area (Å²) in [6.45, 7) is 5.00. The molecule has 0 atom stereocenters. The molecule has 0 spiro atoms. The van der Waals surface area contributed by atoms with E-state index < -0.39 is 0 Å². The number of carbonyl (C=O) groups is 1. The Morgan fingerprint density at radius 2 is 2.11 bits per heavy atom. The molecule has 0 unspecified atom stereocenters. The third-order valence-corrected chi connectivity index (χ3v) is 7.41. The number of nitrogens with one attached hydrogen (secondary N) is 1. The number of aryl methyl sites for hydroxylation is 2. The van der Waals surface area contributed by atoms with E-state index >= 15 is 0 Å². The van der Waals surface area contributed by atoms with Crippen molar-refractivity contribution in [3.05, 3.63) is 20.8 Å². The molecule has 0 bridgehead atoms. The summed E-state index contributed by atoms with van der Waals surface area (Å²) in [5, 5.41) is 4.54. The summed E-state index contributed by atoms with van der Waals surface area (Å²) in [6.07, 6.45) is 7.51. The van der Waals surface area contributed by atoms with E-state index in [1.54, 1.807) is 11.3 Å². The van der Waals surface area contributed by atoms with E-state index in [9.17, 15) is 9.59 Å². The normalized spacial score (nSPS) is 16.7. The Morgan fingerprint density at radius 1 is 1.33 bits per heavy atom. The molecule has 0 saturated heterocycles. The van der Waals surface area contributed by atoms with Crippen molar-refractivity contribution in [3.63, 3.8) is 0 Å². The lowest BCUT2D eigenvalue weighted by molar-refractivity contribution is -0.118. The highest BCUT2D eigenvalue weighted by molar-refractivity contribution is 7.99. The maximum absolute atomic E-state index is 13.3. The van der Waals surface area contributed by atoms with Crippen molar-refractivity contribution in [2.45, 2.75) is 76.5 Å². The van der Waals surface area contributed by atoms with Gasteiger partial charge in [0.15, 0.2) is 5.16 Å². The maximum Gasteiger partial charge on any atom is 0.263 e. The number of hydrogen-bond acceptors (Lipinski definition) is 5. The number of hydrogen-bond donors (Lipinski definition) is 1. The Kier molecular flexibility index (Phi) is 5.60. The average Bonchev–Trinajstić information content (AvgIpc) is 3.36. The van der Waals surface area contributed by atoms with Crippen LogP contribution in [-0.2, 0) is 24.2 Å². The molecule has 0 radical (unpaired) electrons. The van der Waals surface area contributed by atoms with E-state index in [-0.39, 0.29) is 11.5 Å². The molecular formula is C20H27N3O2S2. The fourth-order valence-electron chi connectivity index (χ4n) is 3.54. The molecule has 146 valence electrons. The number of nitrogens with zero attached hydrogens (tertiary/aromatic N) is 2. The molecule has 1 saturated carbocycles. The standard InChI is InChI=1S/C20H27N3O2S2/c1-12(2)9-10-23-19(25)17-14-5-3-4-6-15(14)27-18(17)22-20(23)26-11-16(24)21-13-7-8-13/h12-13H,3-11H2,1-2H3,(H,21,24). The second-order valence-electron chi connectivity index (χ2n) is 8.06. The SMILES string of the molecule is CC(C)CCn1c(SCC(=O)NC2CC2)nc2sc3c(c2c1=O)CCCC3. The third-order valence-electron chi connectivity index (χ3n) is 5.24. The highest BCUT2D eigenvalue weighted by Crippen LogP contribution is 2.34. The van der Waals surface area contributed by atoms with Gasteiger partial charge in [-0.2, -0.15) is 0 Å². The fourth-order valence-corrected chi connectivity index (χ4v) is 5.68. The van der Waals surface area contributed by atoms with Crippen LogP contribution in [0.4, 0.5) is 0 Å². The second kappa shape index (κ2) is 7.95. The van der Waals surface area contributed by atoms with Crippen LogP contribution in [0.5, 0.6) is 0 Å². The number of thioether (sulfide) groups is 1. The van der Waals surface area contributed by atoms with E-state index in [0.717, 1.165) is 48.7 Å². The molecule has 7 heteroatoms. The smallest absolute Gasteiger partial charge is 0.263 e. The van der Waals surface area contributed by atoms with E-state index in [2.05, 4.69) is 19.2 Å². The monoisotopic (exact) mass is 405 g/mol. The molecule has 2 aliphatic carbocycles. The first kappa shape index (κ1) is 19.0. The summed E-state index contributed by atoms with van der Waals surface area (Å²) in [4.78, 5) is 32.5. The first-order valence-electron chi connectivity index (χ1n) is 10.00. The second-order valence-corrected chi connectivity index (χ2v) is 10.1. The first-order valence-corrected chi connectivity index (χ1v) is 11.8. The van der Waals surface area contributed by atoms with Crippen LogP contribution in [0.25, 0.3) is 10.2 Å². The van der Waals surface area contributed by atoms with Gasteiger partial charge < -0.3 is 5.32 Å². The molecule has 1 fully saturated rings. The highest BCUT2D eigenvalue weighted by Gasteiger charge is 2.25. The van der Waals surface area contributed by atoms with E-state index in [1.807, 2.05) is 4.57 Å². The molecule has 2 aliphatic rings. The average molecular weight is 406 g/mol. The Hall–Kier alpha value is -1.34. The minimum atomic E-state index is 0.0396. The van der Waals surface area contributed by atoms with Crippen LogP contribution in [0.2, 0.25) is 0 Å². The Morgan fingerprint density at radius 3 is 2.85 bits per heavy atom. The Balaban J connectivity index is 1.67. The number of amides is 1. The third kappa shape index (κ3) is 4.24. The van der Waals surface area contributed by atoms with Gasteiger partial charge in [-0.3, -0.25) is 14.2 Å². The van der Waals surface area contributed by atoms with E-state index in [4.69, 9.17) is 4.98 Å². The molecule has 2 aromatic rings. The number of aromatic nitrogens is 2. The Labute approximate surface area is 167 Å². The lowest BCUT2D eigenvalue weighted by atomic mass is 9.97. The lowest BCUT2D eigenvalue weighted by Gasteiger charge is -2.14. The predicted octanol–water partition coefficient (Wildman–Crippen LogP) is 3.75. The number of thiophene rings is 1. The van der Waals surface area contributed by atoms with Crippen LogP contribution in [0.15, 0.2) is 9.95 Å². The molecule has 2 aromatic heterocycles. The topological polar surface area (TPSA) is 64.0 Å². The summed E-state index contributed by atoms with van der Waals surface area (Å²) < 4.78 is 1.82. The van der Waals surface area contributed by atoms with Gasteiger partial charge in [0.25, 0.3) is 5.56 Å². The molecule has 0 aliphatic heterocycles. The zero-order valence-corrected chi connectivity index (χ0v) is 17.7. The van der Waals surface area contributed by atoms with Crippen LogP contribution in [0, 0.1) is 5.92 Å². The highest BCUT2D eigenvalue weighted by atomic mass is 32.2. The van der Waals surface area contributed by atoms with Crippen molar-refractivity contribution < 1.29 is 4.79 Å². The fraction of sp³-hybridized carbons (Fsp3) is 0.650. The van der Waals surface area contributed by atoms with Crippen molar-refractivity contribution in [2.75, 3.05) is 5.75 Å². The molecule has 27 heavy (non-hydrogen) atoms.